The normalized spacial score (nSPS) is 16.1. The Morgan fingerprint density at radius 3 is 2.90 bits per heavy atom. The number of para-hydroxylation sites is 2. The van der Waals surface area contributed by atoms with Crippen molar-refractivity contribution in [2.45, 2.75) is 19.4 Å². The van der Waals surface area contributed by atoms with E-state index in [4.69, 9.17) is 10.5 Å². The lowest BCUT2D eigenvalue weighted by Gasteiger charge is -2.13. The molecular weight excluding hydrogens is 264 g/mol. The number of benzene rings is 2. The van der Waals surface area contributed by atoms with Gasteiger partial charge in [-0.3, -0.25) is 4.79 Å². The lowest BCUT2D eigenvalue weighted by molar-refractivity contribution is 0.0934. The summed E-state index contributed by atoms with van der Waals surface area (Å²) < 4.78 is 5.80. The van der Waals surface area contributed by atoms with Crippen LogP contribution in [0.2, 0.25) is 0 Å². The summed E-state index contributed by atoms with van der Waals surface area (Å²) >= 11 is 0. The highest BCUT2D eigenvalue weighted by atomic mass is 16.5. The van der Waals surface area contributed by atoms with Crippen molar-refractivity contribution < 1.29 is 9.53 Å². The van der Waals surface area contributed by atoms with Crippen LogP contribution in [0.5, 0.6) is 5.75 Å². The molecule has 3 N–H and O–H groups in total. The number of carbonyl (C=O) groups is 1. The van der Waals surface area contributed by atoms with Gasteiger partial charge in [-0.25, -0.2) is 0 Å². The Hall–Kier alpha value is -2.49. The van der Waals surface area contributed by atoms with E-state index in [1.807, 2.05) is 37.3 Å². The molecule has 0 radical (unpaired) electrons. The average molecular weight is 282 g/mol. The molecule has 1 amide bonds. The number of amides is 1. The molecule has 21 heavy (non-hydrogen) atoms. The van der Waals surface area contributed by atoms with Crippen LogP contribution in [0.1, 0.15) is 21.5 Å². The summed E-state index contributed by atoms with van der Waals surface area (Å²) in [6.07, 6.45) is 0.803. The number of anilines is 1. The molecule has 0 saturated carbocycles. The predicted molar refractivity (Wildman–Crippen MR) is 82.5 cm³/mol. The van der Waals surface area contributed by atoms with Gasteiger partial charge in [0.25, 0.3) is 5.91 Å². The molecule has 4 heteroatoms. The Labute approximate surface area is 123 Å². The fourth-order valence-corrected chi connectivity index (χ4v) is 2.55. The van der Waals surface area contributed by atoms with Gasteiger partial charge in [0.1, 0.15) is 11.9 Å². The second-order valence-electron chi connectivity index (χ2n) is 5.30. The molecule has 2 aromatic rings. The number of ether oxygens (including phenoxy) is 1. The molecule has 0 aromatic heterocycles. The van der Waals surface area contributed by atoms with Gasteiger partial charge in [0, 0.05) is 12.1 Å². The SMILES string of the molecule is Cc1cccc(C(=O)NCC2Cc3ccccc3O2)c1N. The first kappa shape index (κ1) is 13.5. The van der Waals surface area contributed by atoms with Crippen LogP contribution in [0.25, 0.3) is 0 Å². The van der Waals surface area contributed by atoms with Crippen molar-refractivity contribution in [3.05, 3.63) is 59.2 Å². The molecule has 1 atom stereocenters. The van der Waals surface area contributed by atoms with Gasteiger partial charge >= 0.3 is 0 Å². The molecular formula is C17H18N2O2. The van der Waals surface area contributed by atoms with E-state index < -0.39 is 0 Å². The smallest absolute Gasteiger partial charge is 0.253 e. The van der Waals surface area contributed by atoms with Gasteiger partial charge in [-0.05, 0) is 30.2 Å². The third-order valence-electron chi connectivity index (χ3n) is 3.77. The first-order valence-corrected chi connectivity index (χ1v) is 7.03. The van der Waals surface area contributed by atoms with Gasteiger partial charge < -0.3 is 15.8 Å². The van der Waals surface area contributed by atoms with Crippen LogP contribution in [0.3, 0.4) is 0 Å². The number of hydrogen-bond acceptors (Lipinski definition) is 3. The molecule has 0 spiro atoms. The quantitative estimate of drug-likeness (QED) is 0.849. The zero-order valence-electron chi connectivity index (χ0n) is 11.9. The highest BCUT2D eigenvalue weighted by Crippen LogP contribution is 2.27. The van der Waals surface area contributed by atoms with Crippen molar-refractivity contribution in [1.29, 1.82) is 0 Å². The second kappa shape index (κ2) is 5.48. The maximum absolute atomic E-state index is 12.2. The summed E-state index contributed by atoms with van der Waals surface area (Å²) in [6.45, 7) is 2.36. The molecule has 1 unspecified atom stereocenters. The van der Waals surface area contributed by atoms with Crippen molar-refractivity contribution in [1.82, 2.24) is 5.32 Å². The molecule has 1 heterocycles. The Bertz CT molecular complexity index is 657. The first-order valence-electron chi connectivity index (χ1n) is 7.03. The van der Waals surface area contributed by atoms with Gasteiger partial charge in [0.15, 0.2) is 0 Å². The summed E-state index contributed by atoms with van der Waals surface area (Å²) in [5, 5.41) is 2.90. The van der Waals surface area contributed by atoms with Crippen LogP contribution in [0.4, 0.5) is 5.69 Å². The second-order valence-corrected chi connectivity index (χ2v) is 5.30. The molecule has 2 aromatic carbocycles. The lowest BCUT2D eigenvalue weighted by Crippen LogP contribution is -2.34. The van der Waals surface area contributed by atoms with E-state index in [0.29, 0.717) is 17.8 Å². The van der Waals surface area contributed by atoms with Crippen molar-refractivity contribution in [3.63, 3.8) is 0 Å². The fourth-order valence-electron chi connectivity index (χ4n) is 2.55. The van der Waals surface area contributed by atoms with Crippen molar-refractivity contribution in [2.24, 2.45) is 0 Å². The average Bonchev–Trinajstić information content (AvgIpc) is 2.90. The Morgan fingerprint density at radius 2 is 2.10 bits per heavy atom. The number of carbonyl (C=O) groups excluding carboxylic acids is 1. The van der Waals surface area contributed by atoms with E-state index >= 15 is 0 Å². The van der Waals surface area contributed by atoms with Crippen LogP contribution >= 0.6 is 0 Å². The van der Waals surface area contributed by atoms with E-state index in [1.54, 1.807) is 6.07 Å². The van der Waals surface area contributed by atoms with Crippen molar-refractivity contribution in [2.75, 3.05) is 12.3 Å². The topological polar surface area (TPSA) is 64.3 Å². The number of fused-ring (bicyclic) bond motifs is 1. The standard InChI is InChI=1S/C17H18N2O2/c1-11-5-4-7-14(16(11)18)17(20)19-10-13-9-12-6-2-3-8-15(12)21-13/h2-8,13H,9-10,18H2,1H3,(H,19,20). The number of hydrogen-bond donors (Lipinski definition) is 2. The first-order chi connectivity index (χ1) is 10.1. The molecule has 4 nitrogen and oxygen atoms in total. The van der Waals surface area contributed by atoms with Gasteiger partial charge in [0.2, 0.25) is 0 Å². The van der Waals surface area contributed by atoms with Gasteiger partial charge in [-0.2, -0.15) is 0 Å². The maximum Gasteiger partial charge on any atom is 0.253 e. The zero-order valence-corrected chi connectivity index (χ0v) is 11.9. The Kier molecular flexibility index (Phi) is 3.52. The van der Waals surface area contributed by atoms with E-state index in [2.05, 4.69) is 11.4 Å². The summed E-state index contributed by atoms with van der Waals surface area (Å²) in [5.41, 5.74) is 9.09. The van der Waals surface area contributed by atoms with Crippen LogP contribution in [0, 0.1) is 6.92 Å². The highest BCUT2D eigenvalue weighted by Gasteiger charge is 2.23. The van der Waals surface area contributed by atoms with E-state index in [9.17, 15) is 4.79 Å². The van der Waals surface area contributed by atoms with Crippen LogP contribution in [-0.2, 0) is 6.42 Å². The molecule has 1 aliphatic rings. The predicted octanol–water partition coefficient (Wildman–Crippen LogP) is 2.31. The fraction of sp³-hybridized carbons (Fsp3) is 0.235. The number of aryl methyl sites for hydroxylation is 1. The Balaban J connectivity index is 1.62. The molecule has 0 bridgehead atoms. The molecule has 3 rings (SSSR count). The van der Waals surface area contributed by atoms with E-state index in [0.717, 1.165) is 17.7 Å². The lowest BCUT2D eigenvalue weighted by atomic mass is 10.1. The largest absolute Gasteiger partial charge is 0.488 e. The molecule has 0 fully saturated rings. The monoisotopic (exact) mass is 282 g/mol. The van der Waals surface area contributed by atoms with Crippen LogP contribution in [-0.4, -0.2) is 18.6 Å². The summed E-state index contributed by atoms with van der Waals surface area (Å²) in [4.78, 5) is 12.2. The van der Waals surface area contributed by atoms with Gasteiger partial charge in [-0.1, -0.05) is 30.3 Å². The van der Waals surface area contributed by atoms with Crippen molar-refractivity contribution >= 4 is 11.6 Å². The molecule has 108 valence electrons. The highest BCUT2D eigenvalue weighted by molar-refractivity contribution is 5.99. The number of rotatable bonds is 3. The summed E-state index contributed by atoms with van der Waals surface area (Å²) in [6, 6.07) is 13.4. The number of nitrogen functional groups attached to an aromatic ring is 1. The minimum Gasteiger partial charge on any atom is -0.488 e. The summed E-state index contributed by atoms with van der Waals surface area (Å²) in [7, 11) is 0. The molecule has 0 saturated heterocycles. The van der Waals surface area contributed by atoms with Crippen LogP contribution in [0.15, 0.2) is 42.5 Å². The Morgan fingerprint density at radius 1 is 1.29 bits per heavy atom. The van der Waals surface area contributed by atoms with E-state index in [-0.39, 0.29) is 12.0 Å². The maximum atomic E-state index is 12.2. The third-order valence-corrected chi connectivity index (χ3v) is 3.77. The van der Waals surface area contributed by atoms with Gasteiger partial charge in [-0.15, -0.1) is 0 Å². The number of nitrogens with one attached hydrogen (secondary N) is 1. The zero-order chi connectivity index (χ0) is 14.8. The van der Waals surface area contributed by atoms with Crippen molar-refractivity contribution in [3.8, 4) is 5.75 Å². The van der Waals surface area contributed by atoms with E-state index in [1.165, 1.54) is 5.56 Å². The molecule has 0 aliphatic carbocycles. The summed E-state index contributed by atoms with van der Waals surface area (Å²) in [5.74, 6) is 0.752. The molecule has 1 aliphatic heterocycles. The van der Waals surface area contributed by atoms with Crippen LogP contribution < -0.4 is 15.8 Å². The van der Waals surface area contributed by atoms with Gasteiger partial charge in [0.05, 0.1) is 12.1 Å². The number of nitrogens with two attached hydrogens (primary N) is 1. The minimum absolute atomic E-state index is 0.0163. The minimum atomic E-state index is -0.157. The third kappa shape index (κ3) is 2.70.